The summed E-state index contributed by atoms with van der Waals surface area (Å²) in [6.45, 7) is 4.01. The Labute approximate surface area is 90.5 Å². The number of nitrogens with zero attached hydrogens (tertiary/aromatic N) is 1. The van der Waals surface area contributed by atoms with Gasteiger partial charge in [-0.1, -0.05) is 24.6 Å². The fourth-order valence-electron chi connectivity index (χ4n) is 1.09. The largest absolute Gasteiger partial charge is 0.402 e. The minimum Gasteiger partial charge on any atom is -0.402 e. The standard InChI is InChI=1S/C12H17N3/c1-3-10(13)8-12(14)15-11-6-4-9(2)5-7-11/h4-8H,3,13H2,1-2H3,(H2,14,15). The maximum Gasteiger partial charge on any atom is 0.125 e. The number of aryl methyl sites for hydroxylation is 1. The first kappa shape index (κ1) is 11.3. The van der Waals surface area contributed by atoms with Crippen molar-refractivity contribution in [2.45, 2.75) is 20.3 Å². The molecule has 0 aliphatic heterocycles. The fourth-order valence-corrected chi connectivity index (χ4v) is 1.09. The summed E-state index contributed by atoms with van der Waals surface area (Å²) in [4.78, 5) is 4.23. The fraction of sp³-hybridized carbons (Fsp3) is 0.250. The predicted molar refractivity (Wildman–Crippen MR) is 65.0 cm³/mol. The number of nitrogens with two attached hydrogens (primary N) is 2. The molecule has 1 rings (SSSR count). The van der Waals surface area contributed by atoms with E-state index >= 15 is 0 Å². The van der Waals surface area contributed by atoms with Crippen LogP contribution in [0.3, 0.4) is 0 Å². The molecule has 15 heavy (non-hydrogen) atoms. The number of allylic oxidation sites excluding steroid dienone is 1. The SMILES string of the molecule is CCC(N)=CC(N)=Nc1ccc(C)cc1. The van der Waals surface area contributed by atoms with E-state index < -0.39 is 0 Å². The van der Waals surface area contributed by atoms with Crippen molar-refractivity contribution < 1.29 is 0 Å². The van der Waals surface area contributed by atoms with E-state index in [9.17, 15) is 0 Å². The summed E-state index contributed by atoms with van der Waals surface area (Å²) in [5.74, 6) is 0.443. The van der Waals surface area contributed by atoms with E-state index in [1.165, 1.54) is 5.56 Å². The van der Waals surface area contributed by atoms with Crippen LogP contribution in [0.1, 0.15) is 18.9 Å². The van der Waals surface area contributed by atoms with Gasteiger partial charge in [0.05, 0.1) is 5.69 Å². The molecule has 0 saturated heterocycles. The summed E-state index contributed by atoms with van der Waals surface area (Å²) in [5.41, 5.74) is 14.2. The molecule has 3 nitrogen and oxygen atoms in total. The van der Waals surface area contributed by atoms with Gasteiger partial charge in [-0.25, -0.2) is 4.99 Å². The van der Waals surface area contributed by atoms with Crippen molar-refractivity contribution in [1.29, 1.82) is 0 Å². The lowest BCUT2D eigenvalue weighted by Crippen LogP contribution is -2.10. The molecule has 0 bridgehead atoms. The van der Waals surface area contributed by atoms with Gasteiger partial charge in [0.15, 0.2) is 0 Å². The quantitative estimate of drug-likeness (QED) is 0.584. The first-order valence-corrected chi connectivity index (χ1v) is 4.98. The van der Waals surface area contributed by atoms with Gasteiger partial charge in [0.1, 0.15) is 5.84 Å². The third-order valence-electron chi connectivity index (χ3n) is 2.03. The Morgan fingerprint density at radius 2 is 1.87 bits per heavy atom. The van der Waals surface area contributed by atoms with Gasteiger partial charge in [0, 0.05) is 5.70 Å². The Hall–Kier alpha value is -1.77. The first-order chi connectivity index (χ1) is 7.11. The molecule has 0 radical (unpaired) electrons. The summed E-state index contributed by atoms with van der Waals surface area (Å²) in [5, 5.41) is 0. The van der Waals surface area contributed by atoms with E-state index in [4.69, 9.17) is 11.5 Å². The lowest BCUT2D eigenvalue weighted by Gasteiger charge is -1.98. The maximum atomic E-state index is 5.71. The Morgan fingerprint density at radius 1 is 1.27 bits per heavy atom. The van der Waals surface area contributed by atoms with Gasteiger partial charge in [-0.05, 0) is 31.6 Å². The molecule has 1 aromatic rings. The Morgan fingerprint density at radius 3 is 2.40 bits per heavy atom. The number of aliphatic imine (C=N–C) groups is 1. The second-order valence-electron chi connectivity index (χ2n) is 3.45. The van der Waals surface area contributed by atoms with Crippen molar-refractivity contribution in [3.05, 3.63) is 41.6 Å². The molecule has 3 heteroatoms. The van der Waals surface area contributed by atoms with Crippen LogP contribution in [-0.4, -0.2) is 5.84 Å². The molecule has 0 fully saturated rings. The normalized spacial score (nSPS) is 12.9. The topological polar surface area (TPSA) is 64.4 Å². The molecule has 80 valence electrons. The number of benzene rings is 1. The maximum absolute atomic E-state index is 5.71. The van der Waals surface area contributed by atoms with Crippen LogP contribution in [0.15, 0.2) is 41.0 Å². The van der Waals surface area contributed by atoms with Crippen molar-refractivity contribution >= 4 is 11.5 Å². The van der Waals surface area contributed by atoms with E-state index in [1.807, 2.05) is 38.1 Å². The van der Waals surface area contributed by atoms with Crippen LogP contribution in [0.2, 0.25) is 0 Å². The van der Waals surface area contributed by atoms with Crippen molar-refractivity contribution in [2.24, 2.45) is 16.5 Å². The lowest BCUT2D eigenvalue weighted by atomic mass is 10.2. The first-order valence-electron chi connectivity index (χ1n) is 4.98. The molecule has 0 amide bonds. The molecule has 0 saturated carbocycles. The summed E-state index contributed by atoms with van der Waals surface area (Å²) in [6.07, 6.45) is 2.48. The van der Waals surface area contributed by atoms with E-state index in [0.29, 0.717) is 5.84 Å². The van der Waals surface area contributed by atoms with Gasteiger partial charge < -0.3 is 11.5 Å². The van der Waals surface area contributed by atoms with Crippen molar-refractivity contribution in [3.63, 3.8) is 0 Å². The average molecular weight is 203 g/mol. The highest BCUT2D eigenvalue weighted by Crippen LogP contribution is 2.12. The van der Waals surface area contributed by atoms with Crippen LogP contribution in [0, 0.1) is 6.92 Å². The molecule has 0 spiro atoms. The molecule has 0 aliphatic carbocycles. The number of hydrogen-bond donors (Lipinski definition) is 2. The van der Waals surface area contributed by atoms with E-state index in [2.05, 4.69) is 4.99 Å². The summed E-state index contributed by atoms with van der Waals surface area (Å²) < 4.78 is 0. The van der Waals surface area contributed by atoms with Crippen LogP contribution in [0.25, 0.3) is 0 Å². The van der Waals surface area contributed by atoms with Gasteiger partial charge in [0.25, 0.3) is 0 Å². The Balaban J connectivity index is 2.83. The van der Waals surface area contributed by atoms with E-state index in [-0.39, 0.29) is 0 Å². The van der Waals surface area contributed by atoms with Gasteiger partial charge in [-0.3, -0.25) is 0 Å². The number of rotatable bonds is 3. The van der Waals surface area contributed by atoms with Crippen LogP contribution in [0.4, 0.5) is 5.69 Å². The van der Waals surface area contributed by atoms with Crippen molar-refractivity contribution in [3.8, 4) is 0 Å². The molecule has 0 aromatic heterocycles. The molecule has 1 aromatic carbocycles. The predicted octanol–water partition coefficient (Wildman–Crippen LogP) is 2.24. The zero-order valence-corrected chi connectivity index (χ0v) is 9.20. The van der Waals surface area contributed by atoms with Gasteiger partial charge in [-0.15, -0.1) is 0 Å². The molecule has 0 aliphatic rings. The molecule has 0 unspecified atom stereocenters. The summed E-state index contributed by atoms with van der Waals surface area (Å²) >= 11 is 0. The molecule has 0 atom stereocenters. The van der Waals surface area contributed by atoms with Crippen LogP contribution in [0.5, 0.6) is 0 Å². The molecular weight excluding hydrogens is 186 g/mol. The zero-order valence-electron chi connectivity index (χ0n) is 9.20. The zero-order chi connectivity index (χ0) is 11.3. The highest BCUT2D eigenvalue weighted by Gasteiger charge is 1.92. The monoisotopic (exact) mass is 203 g/mol. The Kier molecular flexibility index (Phi) is 3.92. The van der Waals surface area contributed by atoms with Crippen LogP contribution < -0.4 is 11.5 Å². The third kappa shape index (κ3) is 3.85. The highest BCUT2D eigenvalue weighted by atomic mass is 14.8. The Bertz CT molecular complexity index is 374. The van der Waals surface area contributed by atoms with Gasteiger partial charge in [-0.2, -0.15) is 0 Å². The minimum absolute atomic E-state index is 0.443. The van der Waals surface area contributed by atoms with Crippen molar-refractivity contribution in [1.82, 2.24) is 0 Å². The number of amidine groups is 1. The average Bonchev–Trinajstić information content (AvgIpc) is 2.21. The third-order valence-corrected chi connectivity index (χ3v) is 2.03. The number of hydrogen-bond acceptors (Lipinski definition) is 2. The van der Waals surface area contributed by atoms with E-state index in [1.54, 1.807) is 6.08 Å². The summed E-state index contributed by atoms with van der Waals surface area (Å²) in [6, 6.07) is 7.86. The second kappa shape index (κ2) is 5.20. The highest BCUT2D eigenvalue weighted by molar-refractivity contribution is 5.93. The second-order valence-corrected chi connectivity index (χ2v) is 3.45. The van der Waals surface area contributed by atoms with Gasteiger partial charge in [0.2, 0.25) is 0 Å². The smallest absolute Gasteiger partial charge is 0.125 e. The summed E-state index contributed by atoms with van der Waals surface area (Å²) in [7, 11) is 0. The minimum atomic E-state index is 0.443. The molecule has 4 N–H and O–H groups in total. The van der Waals surface area contributed by atoms with Gasteiger partial charge >= 0.3 is 0 Å². The van der Waals surface area contributed by atoms with Crippen LogP contribution >= 0.6 is 0 Å². The van der Waals surface area contributed by atoms with Crippen LogP contribution in [-0.2, 0) is 0 Å². The lowest BCUT2D eigenvalue weighted by molar-refractivity contribution is 1.07. The molecule has 0 heterocycles. The van der Waals surface area contributed by atoms with E-state index in [0.717, 1.165) is 17.8 Å². The van der Waals surface area contributed by atoms with Crippen molar-refractivity contribution in [2.75, 3.05) is 0 Å². The molecular formula is C12H17N3.